The lowest BCUT2D eigenvalue weighted by Gasteiger charge is -2.39. The molecule has 2 N–H and O–H groups in total. The highest BCUT2D eigenvalue weighted by Crippen LogP contribution is 2.20. The second-order valence-corrected chi connectivity index (χ2v) is 5.27. The van der Waals surface area contributed by atoms with Crippen LogP contribution in [-0.2, 0) is 7.05 Å². The van der Waals surface area contributed by atoms with Crippen molar-refractivity contribution >= 4 is 11.6 Å². The summed E-state index contributed by atoms with van der Waals surface area (Å²) >= 11 is 0. The van der Waals surface area contributed by atoms with Gasteiger partial charge in [0.25, 0.3) is 5.91 Å². The molecule has 106 valence electrons. The van der Waals surface area contributed by atoms with Gasteiger partial charge < -0.3 is 10.6 Å². The Hall–Kier alpha value is -1.56. The maximum absolute atomic E-state index is 12.6. The summed E-state index contributed by atoms with van der Waals surface area (Å²) < 4.78 is 1.59. The molecule has 1 saturated heterocycles. The van der Waals surface area contributed by atoms with Crippen LogP contribution in [0.3, 0.4) is 0 Å². The predicted octanol–water partition coefficient (Wildman–Crippen LogP) is 0.477. The van der Waals surface area contributed by atoms with Crippen molar-refractivity contribution in [1.82, 2.24) is 19.6 Å². The largest absolute Gasteiger partial charge is 0.395 e. The monoisotopic (exact) mass is 265 g/mol. The normalized spacial score (nSPS) is 20.8. The summed E-state index contributed by atoms with van der Waals surface area (Å²) in [7, 11) is 3.88. The molecule has 0 aliphatic carbocycles. The van der Waals surface area contributed by atoms with Crippen molar-refractivity contribution in [3.8, 4) is 0 Å². The van der Waals surface area contributed by atoms with Crippen LogP contribution in [0.2, 0.25) is 0 Å². The molecule has 1 fully saturated rings. The zero-order valence-electron chi connectivity index (χ0n) is 12.2. The van der Waals surface area contributed by atoms with Gasteiger partial charge in [0.15, 0.2) is 0 Å². The van der Waals surface area contributed by atoms with Crippen molar-refractivity contribution in [1.29, 1.82) is 0 Å². The van der Waals surface area contributed by atoms with Crippen molar-refractivity contribution in [2.24, 2.45) is 7.05 Å². The van der Waals surface area contributed by atoms with E-state index in [9.17, 15) is 4.79 Å². The third-order valence-electron chi connectivity index (χ3n) is 4.01. The van der Waals surface area contributed by atoms with E-state index in [4.69, 9.17) is 5.73 Å². The van der Waals surface area contributed by atoms with Crippen LogP contribution in [0.4, 0.5) is 5.69 Å². The number of carbonyl (C=O) groups is 1. The Kier molecular flexibility index (Phi) is 3.80. The zero-order valence-corrected chi connectivity index (χ0v) is 12.2. The number of anilines is 1. The molecule has 1 amide bonds. The first-order valence-electron chi connectivity index (χ1n) is 6.74. The first-order valence-corrected chi connectivity index (χ1v) is 6.74. The highest BCUT2D eigenvalue weighted by molar-refractivity contribution is 5.98. The Morgan fingerprint density at radius 3 is 2.63 bits per heavy atom. The molecule has 0 bridgehead atoms. The Bertz CT molecular complexity index is 482. The highest BCUT2D eigenvalue weighted by atomic mass is 16.2. The van der Waals surface area contributed by atoms with E-state index in [2.05, 4.69) is 24.0 Å². The number of nitrogens with two attached hydrogens (primary N) is 1. The summed E-state index contributed by atoms with van der Waals surface area (Å²) in [6, 6.07) is 0.424. The number of hydrogen-bond donors (Lipinski definition) is 1. The lowest BCUT2D eigenvalue weighted by Crippen LogP contribution is -2.53. The van der Waals surface area contributed by atoms with E-state index < -0.39 is 0 Å². The molecule has 1 aromatic rings. The van der Waals surface area contributed by atoms with E-state index in [-0.39, 0.29) is 5.91 Å². The molecule has 2 rings (SSSR count). The van der Waals surface area contributed by atoms with Gasteiger partial charge in [-0.15, -0.1) is 0 Å². The van der Waals surface area contributed by atoms with Crippen LogP contribution in [0.15, 0.2) is 0 Å². The second-order valence-electron chi connectivity index (χ2n) is 5.27. The van der Waals surface area contributed by atoms with Gasteiger partial charge in [-0.05, 0) is 20.4 Å². The van der Waals surface area contributed by atoms with Gasteiger partial charge in [0.1, 0.15) is 5.69 Å². The van der Waals surface area contributed by atoms with Crippen molar-refractivity contribution in [3.05, 3.63) is 11.4 Å². The van der Waals surface area contributed by atoms with Crippen molar-refractivity contribution in [2.75, 3.05) is 32.4 Å². The molecule has 0 aromatic carbocycles. The molecule has 1 unspecified atom stereocenters. The minimum Gasteiger partial charge on any atom is -0.395 e. The van der Waals surface area contributed by atoms with Gasteiger partial charge in [-0.3, -0.25) is 14.4 Å². The van der Waals surface area contributed by atoms with E-state index >= 15 is 0 Å². The van der Waals surface area contributed by atoms with Crippen LogP contribution in [0, 0.1) is 6.92 Å². The number of aryl methyl sites for hydroxylation is 2. The second kappa shape index (κ2) is 5.21. The topological polar surface area (TPSA) is 67.4 Å². The van der Waals surface area contributed by atoms with Crippen LogP contribution >= 0.6 is 0 Å². The number of nitrogens with zero attached hydrogens (tertiary/aromatic N) is 4. The van der Waals surface area contributed by atoms with Gasteiger partial charge in [0.05, 0.1) is 11.4 Å². The fourth-order valence-corrected chi connectivity index (χ4v) is 2.65. The summed E-state index contributed by atoms with van der Waals surface area (Å²) in [5.74, 6) is -0.00727. The number of hydrogen-bond acceptors (Lipinski definition) is 4. The van der Waals surface area contributed by atoms with Gasteiger partial charge in [-0.25, -0.2) is 0 Å². The molecule has 1 aliphatic heterocycles. The summed E-state index contributed by atoms with van der Waals surface area (Å²) in [6.07, 6.45) is 1.04. The van der Waals surface area contributed by atoms with Gasteiger partial charge >= 0.3 is 0 Å². The lowest BCUT2D eigenvalue weighted by atomic mass is 10.1. The summed E-state index contributed by atoms with van der Waals surface area (Å²) in [5.41, 5.74) is 7.69. The fourth-order valence-electron chi connectivity index (χ4n) is 2.65. The van der Waals surface area contributed by atoms with E-state index in [0.717, 1.165) is 26.1 Å². The number of aromatic nitrogens is 2. The minimum absolute atomic E-state index is 0.00727. The molecule has 0 saturated carbocycles. The van der Waals surface area contributed by atoms with Gasteiger partial charge in [0, 0.05) is 32.7 Å². The van der Waals surface area contributed by atoms with E-state index in [1.165, 1.54) is 0 Å². The number of amides is 1. The van der Waals surface area contributed by atoms with Crippen LogP contribution in [0.1, 0.15) is 29.5 Å². The summed E-state index contributed by atoms with van der Waals surface area (Å²) in [4.78, 5) is 16.8. The summed E-state index contributed by atoms with van der Waals surface area (Å²) in [5, 5.41) is 4.21. The molecular weight excluding hydrogens is 242 g/mol. The molecular formula is C13H23N5O. The highest BCUT2D eigenvalue weighted by Gasteiger charge is 2.29. The number of rotatable bonds is 2. The Labute approximate surface area is 114 Å². The fraction of sp³-hybridized carbons (Fsp3) is 0.692. The number of piperazine rings is 1. The van der Waals surface area contributed by atoms with Gasteiger partial charge in [-0.1, -0.05) is 6.92 Å². The van der Waals surface area contributed by atoms with Gasteiger partial charge in [-0.2, -0.15) is 5.10 Å². The Morgan fingerprint density at radius 1 is 1.42 bits per heavy atom. The third kappa shape index (κ3) is 2.45. The molecule has 6 nitrogen and oxygen atoms in total. The van der Waals surface area contributed by atoms with Crippen LogP contribution in [-0.4, -0.2) is 58.2 Å². The van der Waals surface area contributed by atoms with E-state index in [1.807, 2.05) is 11.8 Å². The number of nitrogen functional groups attached to an aromatic ring is 1. The standard InChI is InChI=1S/C13H23N5O/c1-5-10-8-18(7-6-16(10)3)13(19)12-11(14)9(2)15-17(12)4/h10H,5-8,14H2,1-4H3. The average Bonchev–Trinajstić information content (AvgIpc) is 2.63. The van der Waals surface area contributed by atoms with Crippen molar-refractivity contribution in [3.63, 3.8) is 0 Å². The summed E-state index contributed by atoms with van der Waals surface area (Å²) in [6.45, 7) is 6.38. The zero-order chi connectivity index (χ0) is 14.2. The SMILES string of the molecule is CCC1CN(C(=O)c2c(N)c(C)nn2C)CCN1C. The number of carbonyl (C=O) groups excluding carboxylic acids is 1. The average molecular weight is 265 g/mol. The molecule has 1 aromatic heterocycles. The molecule has 19 heavy (non-hydrogen) atoms. The van der Waals surface area contributed by atoms with E-state index in [1.54, 1.807) is 11.7 Å². The third-order valence-corrected chi connectivity index (χ3v) is 4.01. The van der Waals surface area contributed by atoms with Crippen molar-refractivity contribution < 1.29 is 4.79 Å². The van der Waals surface area contributed by atoms with Gasteiger partial charge in [0.2, 0.25) is 0 Å². The van der Waals surface area contributed by atoms with E-state index in [0.29, 0.717) is 23.1 Å². The molecule has 0 spiro atoms. The maximum Gasteiger partial charge on any atom is 0.274 e. The Balaban J connectivity index is 2.20. The van der Waals surface area contributed by atoms with Crippen LogP contribution < -0.4 is 5.73 Å². The van der Waals surface area contributed by atoms with Crippen LogP contribution in [0.5, 0.6) is 0 Å². The number of likely N-dealkylation sites (N-methyl/N-ethyl adjacent to an activating group) is 1. The quantitative estimate of drug-likeness (QED) is 0.844. The smallest absolute Gasteiger partial charge is 0.274 e. The molecule has 2 heterocycles. The minimum atomic E-state index is -0.00727. The first kappa shape index (κ1) is 13.9. The van der Waals surface area contributed by atoms with Crippen LogP contribution in [0.25, 0.3) is 0 Å². The molecule has 0 radical (unpaired) electrons. The maximum atomic E-state index is 12.6. The lowest BCUT2D eigenvalue weighted by molar-refractivity contribution is 0.0533. The molecule has 1 aliphatic rings. The Morgan fingerprint density at radius 2 is 2.11 bits per heavy atom. The molecule has 1 atom stereocenters. The predicted molar refractivity (Wildman–Crippen MR) is 75.0 cm³/mol. The first-order chi connectivity index (χ1) is 8.95. The van der Waals surface area contributed by atoms with Crippen molar-refractivity contribution in [2.45, 2.75) is 26.3 Å². The molecule has 6 heteroatoms.